The maximum atomic E-state index is 8.24. The van der Waals surface area contributed by atoms with Crippen molar-refractivity contribution >= 4 is 19.1 Å². The van der Waals surface area contributed by atoms with Gasteiger partial charge in [0.2, 0.25) is 0 Å². The Balaban J connectivity index is -0.0000000105. The minimum Gasteiger partial charge on any atom is -0.693 e. The molecule has 0 spiro atoms. The molecule has 0 aliphatic carbocycles. The Hall–Kier alpha value is 0.170. The van der Waals surface area contributed by atoms with E-state index < -0.39 is 0 Å². The maximum absolute atomic E-state index is 8.24. The molecular formula is C2H6AmNO2S-3. The first-order chi connectivity index (χ1) is 2.41. The summed E-state index contributed by atoms with van der Waals surface area (Å²) in [7, 11) is 0. The predicted octanol–water partition coefficient (Wildman–Crippen LogP) is 1.04. The van der Waals surface area contributed by atoms with Gasteiger partial charge >= 0.3 is 0 Å². The van der Waals surface area contributed by atoms with E-state index in [0.29, 0.717) is 6.47 Å². The van der Waals surface area contributed by atoms with E-state index in [1.54, 1.807) is 0 Å². The number of hydrogen-bond donors (Lipinski definition) is 2. The van der Waals surface area contributed by atoms with Crippen LogP contribution in [0, 0.1) is 20.5 Å². The molecule has 7 heavy (non-hydrogen) atoms. The summed E-state index contributed by atoms with van der Waals surface area (Å²) in [6.45, 7) is 0.500. The second-order valence-corrected chi connectivity index (χ2v) is 0.0913. The molecule has 0 rings (SSSR count). The first-order valence-electron chi connectivity index (χ1n) is 0.744. The molecule has 0 aromatic heterocycles. The average molecular weight is 351 g/mol. The standard InChI is InChI=1S/CHO2.CH3S.Am.H2N/c2-1-3;1-2;;/h(H,2,3);2H,1H2;;1H2/q2*-1;;-1. The first-order valence-corrected chi connectivity index (χ1v) is 1.38. The summed E-state index contributed by atoms with van der Waals surface area (Å²) in [5, 5.41) is 6.76. The first kappa shape index (κ1) is 27.2. The molecule has 0 bridgehead atoms. The van der Waals surface area contributed by atoms with Crippen LogP contribution in [-0.2, 0) is 4.79 Å². The molecule has 0 aromatic carbocycles. The summed E-state index contributed by atoms with van der Waals surface area (Å²) >= 11 is 3.28. The smallest absolute Gasteiger partial charge is 0 e. The number of rotatable bonds is 0. The third kappa shape index (κ3) is 3730. The Morgan fingerprint density at radius 2 is 1.57 bits per heavy atom. The molecule has 0 aliphatic heterocycles. The SMILES string of the molecule is O=[C-]O.[Am].[CH2-]S.[NH2-]. The van der Waals surface area contributed by atoms with Crippen molar-refractivity contribution in [3.05, 3.63) is 12.4 Å². The van der Waals surface area contributed by atoms with Crippen molar-refractivity contribution in [2.24, 2.45) is 0 Å². The quantitative estimate of drug-likeness (QED) is 0.506. The Bertz CT molecular complexity index is 23.2. The van der Waals surface area contributed by atoms with Crippen molar-refractivity contribution in [2.75, 3.05) is 0 Å². The van der Waals surface area contributed by atoms with Gasteiger partial charge in [0.05, 0.1) is 0 Å². The van der Waals surface area contributed by atoms with Gasteiger partial charge in [-0.25, -0.2) is 0 Å². The molecule has 47 valence electrons. The fourth-order valence-corrected chi connectivity index (χ4v) is 0. The van der Waals surface area contributed by atoms with E-state index in [9.17, 15) is 0 Å². The van der Waals surface area contributed by atoms with Crippen molar-refractivity contribution in [2.45, 2.75) is 0 Å². The Kier molecular flexibility index (Phi) is 468. The van der Waals surface area contributed by atoms with Crippen molar-refractivity contribution in [3.63, 3.8) is 0 Å². The molecule has 0 saturated heterocycles. The number of hydrogen-bond acceptors (Lipinski definition) is 2. The van der Waals surface area contributed by atoms with E-state index in [2.05, 4.69) is 18.9 Å². The molecule has 3 nitrogen and oxygen atoms in total. The zero-order valence-electron chi connectivity index (χ0n) is 3.47. The molecule has 0 heterocycles. The predicted molar refractivity (Wildman–Crippen MR) is 27.9 cm³/mol. The molecule has 0 fully saturated rings. The molecule has 5 heteroatoms. The van der Waals surface area contributed by atoms with Crippen LogP contribution in [0.4, 0.5) is 0 Å². The van der Waals surface area contributed by atoms with Gasteiger partial charge in [-0.2, -0.15) is 0 Å². The third-order valence-electron chi connectivity index (χ3n) is 0. The van der Waals surface area contributed by atoms with E-state index in [4.69, 9.17) is 9.90 Å². The van der Waals surface area contributed by atoms with Crippen LogP contribution in [0.25, 0.3) is 6.15 Å². The fourth-order valence-electron chi connectivity index (χ4n) is 0. The van der Waals surface area contributed by atoms with Crippen LogP contribution < -0.4 is 0 Å². The number of thiol groups is 1. The van der Waals surface area contributed by atoms with Crippen LogP contribution in [0.15, 0.2) is 0 Å². The Morgan fingerprint density at radius 1 is 1.57 bits per heavy atom. The average Bonchev–Trinajstić information content (AvgIpc) is 1.46. The van der Waals surface area contributed by atoms with E-state index in [0.717, 1.165) is 0 Å². The van der Waals surface area contributed by atoms with Gasteiger partial charge in [-0.3, -0.25) is 6.26 Å². The summed E-state index contributed by atoms with van der Waals surface area (Å²) in [5.41, 5.74) is 0. The number of aliphatic hydroxyl groups excluding tert-OH is 1. The molecule has 1 radical (unpaired) electrons. The fraction of sp³-hybridized carbons (Fsp3) is 0. The van der Waals surface area contributed by atoms with Gasteiger partial charge in [0.15, 0.2) is 0 Å². The monoisotopic (exact) mass is 349 g/mol. The van der Waals surface area contributed by atoms with Crippen molar-refractivity contribution in [1.29, 1.82) is 0 Å². The summed E-state index contributed by atoms with van der Waals surface area (Å²) in [6, 6.07) is 0. The van der Waals surface area contributed by atoms with Gasteiger partial charge in [-0.1, -0.05) is 6.47 Å². The van der Waals surface area contributed by atoms with Crippen molar-refractivity contribution in [3.8, 4) is 0 Å². The van der Waals surface area contributed by atoms with Crippen LogP contribution in [0.1, 0.15) is 0 Å². The van der Waals surface area contributed by atoms with E-state index >= 15 is 0 Å². The van der Waals surface area contributed by atoms with Crippen LogP contribution >= 0.6 is 12.6 Å². The molecule has 0 unspecified atom stereocenters. The van der Waals surface area contributed by atoms with Gasteiger partial charge in [0, 0.05) is 14.3 Å². The van der Waals surface area contributed by atoms with Gasteiger partial charge in [-0.15, -0.1) is 0 Å². The second-order valence-electron chi connectivity index (χ2n) is 0.0913. The summed E-state index contributed by atoms with van der Waals surface area (Å²) in [4.78, 5) is 8.24. The summed E-state index contributed by atoms with van der Waals surface area (Å²) in [5.74, 6) is 0. The Labute approximate surface area is 56.3 Å². The van der Waals surface area contributed by atoms with Gasteiger partial charge < -0.3 is 28.7 Å². The molecule has 0 aromatic rings. The van der Waals surface area contributed by atoms with Crippen LogP contribution in [0.3, 0.4) is 0 Å². The van der Waals surface area contributed by atoms with Gasteiger partial charge in [-0.05, 0) is 0 Å². The molecule has 0 atom stereocenters. The Morgan fingerprint density at radius 3 is 1.57 bits per heavy atom. The third-order valence-corrected chi connectivity index (χ3v) is 0. The summed E-state index contributed by atoms with van der Waals surface area (Å²) in [6.07, 6.45) is 2.94. The van der Waals surface area contributed by atoms with Gasteiger partial charge in [0.1, 0.15) is 0 Å². The normalized spacial score (nSPS) is 2.57. The zero-order valence-corrected chi connectivity index (χ0v) is 7.51. The van der Waals surface area contributed by atoms with E-state index in [-0.39, 0.29) is 20.4 Å². The summed E-state index contributed by atoms with van der Waals surface area (Å²) < 4.78 is 0. The van der Waals surface area contributed by atoms with E-state index in [1.807, 2.05) is 0 Å². The topological polar surface area (TPSA) is 70.8 Å². The molecular weight excluding hydrogens is 345 g/mol. The van der Waals surface area contributed by atoms with Crippen LogP contribution in [0.5, 0.6) is 0 Å². The largest absolute Gasteiger partial charge is 0.693 e. The van der Waals surface area contributed by atoms with Crippen LogP contribution in [-0.4, -0.2) is 11.6 Å². The van der Waals surface area contributed by atoms with E-state index in [1.165, 1.54) is 0 Å². The molecule has 3 N–H and O–H groups in total. The minimum atomic E-state index is 0. The molecule has 0 saturated carbocycles. The molecule has 0 amide bonds. The van der Waals surface area contributed by atoms with Crippen molar-refractivity contribution in [1.82, 2.24) is 0 Å². The maximum Gasteiger partial charge on any atom is 0 e. The minimum absolute atomic E-state index is 0. The van der Waals surface area contributed by atoms with Crippen LogP contribution in [0.2, 0.25) is 0 Å². The zero-order chi connectivity index (χ0) is 4.71. The molecule has 0 aliphatic rings. The van der Waals surface area contributed by atoms with Gasteiger partial charge in [0.25, 0.3) is 0 Å². The second kappa shape index (κ2) is 121. The van der Waals surface area contributed by atoms with Crippen molar-refractivity contribution < 1.29 is 24.2 Å². The number of nitrogens with two attached hydrogens (primary N) is 1.